The summed E-state index contributed by atoms with van der Waals surface area (Å²) in [5, 5.41) is 9.87. The lowest BCUT2D eigenvalue weighted by Gasteiger charge is -2.13. The molecule has 0 saturated carbocycles. The van der Waals surface area contributed by atoms with Gasteiger partial charge in [0.25, 0.3) is 11.8 Å². The highest BCUT2D eigenvalue weighted by molar-refractivity contribution is 7.07. The second kappa shape index (κ2) is 10.6. The number of ether oxygens (including phenoxy) is 1. The summed E-state index contributed by atoms with van der Waals surface area (Å²) in [5.74, 6) is 0.490. The number of anilines is 2. The molecular weight excluding hydrogens is 398 g/mol. The molecule has 0 aliphatic carbocycles. The van der Waals surface area contributed by atoms with Crippen LogP contribution in [0.3, 0.4) is 0 Å². The van der Waals surface area contributed by atoms with E-state index in [1.807, 2.05) is 31.5 Å². The van der Waals surface area contributed by atoms with Crippen LogP contribution in [-0.4, -0.2) is 32.0 Å². The molecule has 6 nitrogen and oxygen atoms in total. The van der Waals surface area contributed by atoms with Crippen LogP contribution in [0.1, 0.15) is 22.8 Å². The van der Waals surface area contributed by atoms with Crippen LogP contribution in [0.2, 0.25) is 0 Å². The second-order valence-electron chi connectivity index (χ2n) is 6.98. The van der Waals surface area contributed by atoms with Gasteiger partial charge in [0, 0.05) is 22.5 Å². The highest BCUT2D eigenvalue weighted by atomic mass is 32.1. The van der Waals surface area contributed by atoms with E-state index in [1.54, 1.807) is 47.7 Å². The molecule has 0 saturated heterocycles. The van der Waals surface area contributed by atoms with Crippen molar-refractivity contribution in [2.75, 3.05) is 30.8 Å². The van der Waals surface area contributed by atoms with E-state index >= 15 is 0 Å². The molecular formula is C23H26N3O3S+. The highest BCUT2D eigenvalue weighted by Crippen LogP contribution is 2.17. The Labute approximate surface area is 180 Å². The molecule has 30 heavy (non-hydrogen) atoms. The molecule has 0 fully saturated rings. The summed E-state index contributed by atoms with van der Waals surface area (Å²) >= 11 is 1.66. The number of carbonyl (C=O) groups excluding carboxylic acids is 2. The van der Waals surface area contributed by atoms with Crippen molar-refractivity contribution in [1.82, 2.24) is 0 Å². The molecule has 0 radical (unpaired) electrons. The molecule has 2 amide bonds. The van der Waals surface area contributed by atoms with Crippen LogP contribution in [0.15, 0.2) is 65.4 Å². The van der Waals surface area contributed by atoms with Crippen molar-refractivity contribution in [2.45, 2.75) is 13.5 Å². The van der Waals surface area contributed by atoms with Gasteiger partial charge in [-0.15, -0.1) is 0 Å². The van der Waals surface area contributed by atoms with Gasteiger partial charge in [-0.1, -0.05) is 0 Å². The SMILES string of the molecule is CCOc1ccc(NC(=O)c2ccc(NC(=O)C[NH+](C)Cc3ccsc3)cc2)cc1. The monoisotopic (exact) mass is 424 g/mol. The molecule has 3 aromatic rings. The van der Waals surface area contributed by atoms with E-state index in [-0.39, 0.29) is 11.8 Å². The molecule has 0 bridgehead atoms. The van der Waals surface area contributed by atoms with Gasteiger partial charge in [0.2, 0.25) is 0 Å². The second-order valence-corrected chi connectivity index (χ2v) is 7.76. The average molecular weight is 425 g/mol. The quantitative estimate of drug-likeness (QED) is 0.494. The Balaban J connectivity index is 1.49. The molecule has 1 atom stereocenters. The van der Waals surface area contributed by atoms with Crippen LogP contribution >= 0.6 is 11.3 Å². The van der Waals surface area contributed by atoms with E-state index in [1.165, 1.54) is 5.56 Å². The van der Waals surface area contributed by atoms with Crippen molar-refractivity contribution >= 4 is 34.5 Å². The van der Waals surface area contributed by atoms with Gasteiger partial charge in [-0.05, 0) is 72.3 Å². The first-order valence-electron chi connectivity index (χ1n) is 9.80. The lowest BCUT2D eigenvalue weighted by Crippen LogP contribution is -3.08. The molecule has 0 aliphatic rings. The minimum absolute atomic E-state index is 0.0608. The average Bonchev–Trinajstić information content (AvgIpc) is 3.23. The Kier molecular flexibility index (Phi) is 7.59. The van der Waals surface area contributed by atoms with Crippen molar-refractivity contribution < 1.29 is 19.2 Å². The molecule has 2 aromatic carbocycles. The van der Waals surface area contributed by atoms with Gasteiger partial charge in [0.1, 0.15) is 12.3 Å². The van der Waals surface area contributed by atoms with Crippen molar-refractivity contribution in [2.24, 2.45) is 0 Å². The summed E-state index contributed by atoms with van der Waals surface area (Å²) in [5.41, 5.74) is 3.11. The molecule has 3 N–H and O–H groups in total. The fourth-order valence-electron chi connectivity index (χ4n) is 2.99. The van der Waals surface area contributed by atoms with Crippen LogP contribution in [-0.2, 0) is 11.3 Å². The topological polar surface area (TPSA) is 71.9 Å². The third-order valence-electron chi connectivity index (χ3n) is 4.40. The lowest BCUT2D eigenvalue weighted by atomic mass is 10.2. The number of thiophene rings is 1. The fourth-order valence-corrected chi connectivity index (χ4v) is 3.66. The van der Waals surface area contributed by atoms with Crippen molar-refractivity contribution in [1.29, 1.82) is 0 Å². The first kappa shape index (κ1) is 21.5. The normalized spacial score (nSPS) is 11.5. The molecule has 1 unspecified atom stereocenters. The number of benzene rings is 2. The van der Waals surface area contributed by atoms with Gasteiger partial charge >= 0.3 is 0 Å². The first-order chi connectivity index (χ1) is 14.5. The molecule has 1 heterocycles. The van der Waals surface area contributed by atoms with Crippen molar-refractivity contribution in [3.8, 4) is 5.75 Å². The largest absolute Gasteiger partial charge is 0.494 e. The third-order valence-corrected chi connectivity index (χ3v) is 5.13. The van der Waals surface area contributed by atoms with Gasteiger partial charge < -0.3 is 20.3 Å². The number of rotatable bonds is 9. The van der Waals surface area contributed by atoms with Crippen molar-refractivity contribution in [3.05, 3.63) is 76.5 Å². The Hall–Kier alpha value is -3.16. The number of carbonyl (C=O) groups is 2. The first-order valence-corrected chi connectivity index (χ1v) is 10.7. The number of hydrogen-bond donors (Lipinski definition) is 3. The summed E-state index contributed by atoms with van der Waals surface area (Å²) in [6.07, 6.45) is 0. The summed E-state index contributed by atoms with van der Waals surface area (Å²) in [6, 6.07) is 16.2. The molecule has 3 rings (SSSR count). The van der Waals surface area contributed by atoms with Gasteiger partial charge in [-0.25, -0.2) is 0 Å². The maximum atomic E-state index is 12.4. The van der Waals surface area contributed by atoms with Crippen LogP contribution in [0.25, 0.3) is 0 Å². The lowest BCUT2D eigenvalue weighted by molar-refractivity contribution is -0.885. The summed E-state index contributed by atoms with van der Waals surface area (Å²) in [4.78, 5) is 25.8. The molecule has 0 spiro atoms. The van der Waals surface area contributed by atoms with Crippen molar-refractivity contribution in [3.63, 3.8) is 0 Å². The van der Waals surface area contributed by atoms with E-state index in [4.69, 9.17) is 4.74 Å². The zero-order valence-corrected chi connectivity index (χ0v) is 17.9. The number of nitrogens with one attached hydrogen (secondary N) is 3. The number of quaternary nitrogens is 1. The summed E-state index contributed by atoms with van der Waals surface area (Å²) in [7, 11) is 1.99. The molecule has 156 valence electrons. The number of amides is 2. The number of hydrogen-bond acceptors (Lipinski definition) is 4. The maximum Gasteiger partial charge on any atom is 0.279 e. The van der Waals surface area contributed by atoms with Gasteiger partial charge in [-0.3, -0.25) is 9.59 Å². The van der Waals surface area contributed by atoms with E-state index in [2.05, 4.69) is 22.1 Å². The van der Waals surface area contributed by atoms with E-state index in [9.17, 15) is 9.59 Å². The van der Waals surface area contributed by atoms with Crippen LogP contribution in [0.4, 0.5) is 11.4 Å². The standard InChI is InChI=1S/C23H25N3O3S/c1-3-29-21-10-8-20(9-11-21)25-23(28)18-4-6-19(7-5-18)24-22(27)15-26(2)14-17-12-13-30-16-17/h4-13,16H,3,14-15H2,1-2H3,(H,24,27)(H,25,28)/p+1. The zero-order valence-electron chi connectivity index (χ0n) is 17.1. The minimum atomic E-state index is -0.211. The Morgan fingerprint density at radius 1 is 0.967 bits per heavy atom. The minimum Gasteiger partial charge on any atom is -0.494 e. The molecule has 0 aliphatic heterocycles. The Bertz CT molecular complexity index is 954. The van der Waals surface area contributed by atoms with Gasteiger partial charge in [0.05, 0.1) is 13.7 Å². The van der Waals surface area contributed by atoms with Gasteiger partial charge in [0.15, 0.2) is 6.54 Å². The summed E-state index contributed by atoms with van der Waals surface area (Å²) < 4.78 is 5.40. The Morgan fingerprint density at radius 3 is 2.27 bits per heavy atom. The molecule has 1 aromatic heterocycles. The highest BCUT2D eigenvalue weighted by Gasteiger charge is 2.12. The van der Waals surface area contributed by atoms with Crippen LogP contribution in [0.5, 0.6) is 5.75 Å². The number of likely N-dealkylation sites (N-methyl/N-ethyl adjacent to an activating group) is 1. The fraction of sp³-hybridized carbons (Fsp3) is 0.217. The predicted octanol–water partition coefficient (Wildman–Crippen LogP) is 3.05. The van der Waals surface area contributed by atoms with E-state index < -0.39 is 0 Å². The smallest absolute Gasteiger partial charge is 0.279 e. The van der Waals surface area contributed by atoms with Crippen LogP contribution in [0, 0.1) is 0 Å². The van der Waals surface area contributed by atoms with E-state index in [0.717, 1.165) is 17.2 Å². The summed E-state index contributed by atoms with van der Waals surface area (Å²) in [6.45, 7) is 3.70. The molecule has 7 heteroatoms. The Morgan fingerprint density at radius 2 is 1.63 bits per heavy atom. The van der Waals surface area contributed by atoms with Crippen LogP contribution < -0.4 is 20.3 Å². The zero-order chi connectivity index (χ0) is 21.3. The van der Waals surface area contributed by atoms with Gasteiger partial charge in [-0.2, -0.15) is 11.3 Å². The van der Waals surface area contributed by atoms with E-state index in [0.29, 0.717) is 30.1 Å². The third kappa shape index (κ3) is 6.43. The predicted molar refractivity (Wildman–Crippen MR) is 120 cm³/mol. The maximum absolute atomic E-state index is 12.4.